The molecule has 4 aromatic carbocycles. The van der Waals surface area contributed by atoms with Crippen LogP contribution in [0.1, 0.15) is 32.6 Å². The van der Waals surface area contributed by atoms with Gasteiger partial charge in [-0.15, -0.1) is 26.3 Å². The molecule has 0 heterocycles. The number of benzene rings is 4. The molecule has 1 unspecified atom stereocenters. The Morgan fingerprint density at radius 2 is 1.19 bits per heavy atom. The number of carbonyl (C=O) groups excluding carboxylic acids is 1. The molecule has 0 saturated heterocycles. The van der Waals surface area contributed by atoms with E-state index in [4.69, 9.17) is 0 Å². The second-order valence-electron chi connectivity index (χ2n) is 9.06. The average molecular weight is 595 g/mol. The summed E-state index contributed by atoms with van der Waals surface area (Å²) in [5.74, 6) is -7.04. The summed E-state index contributed by atoms with van der Waals surface area (Å²) in [6.45, 7) is 1.07. The van der Waals surface area contributed by atoms with Crippen LogP contribution in [0.15, 0.2) is 103 Å². The Bertz CT molecular complexity index is 1540. The zero-order valence-electron chi connectivity index (χ0n) is 21.6. The number of amides is 1. The van der Waals surface area contributed by atoms with Crippen LogP contribution < -0.4 is 14.8 Å². The summed E-state index contributed by atoms with van der Waals surface area (Å²) in [5, 5.41) is 2.28. The third-order valence-corrected chi connectivity index (χ3v) is 6.36. The van der Waals surface area contributed by atoms with Crippen LogP contribution in [0.2, 0.25) is 0 Å². The highest BCUT2D eigenvalue weighted by atomic mass is 19.4. The summed E-state index contributed by atoms with van der Waals surface area (Å²) in [7, 11) is 0. The maximum absolute atomic E-state index is 17.1. The molecule has 0 spiro atoms. The van der Waals surface area contributed by atoms with Crippen molar-refractivity contribution in [3.8, 4) is 11.5 Å². The van der Waals surface area contributed by atoms with Crippen LogP contribution in [-0.2, 0) is 11.5 Å². The first-order valence-corrected chi connectivity index (χ1v) is 12.2. The molecule has 4 aromatic rings. The minimum atomic E-state index is -5.21. The number of nitrogens with one attached hydrogen (secondary N) is 1. The largest absolute Gasteiger partial charge is 0.573 e. The van der Waals surface area contributed by atoms with Gasteiger partial charge in [0, 0.05) is 11.1 Å². The van der Waals surface area contributed by atoms with E-state index >= 15 is 8.78 Å². The van der Waals surface area contributed by atoms with Crippen LogP contribution in [0.5, 0.6) is 11.5 Å². The number of alkyl halides is 8. The smallest absolute Gasteiger partial charge is 0.406 e. The average Bonchev–Trinajstić information content (AvgIpc) is 2.92. The van der Waals surface area contributed by atoms with E-state index in [1.165, 1.54) is 42.5 Å². The second-order valence-corrected chi connectivity index (χ2v) is 9.06. The van der Waals surface area contributed by atoms with E-state index < -0.39 is 63.8 Å². The van der Waals surface area contributed by atoms with Crippen molar-refractivity contribution >= 4 is 5.91 Å². The lowest BCUT2D eigenvalue weighted by Crippen LogP contribution is -2.57. The van der Waals surface area contributed by atoms with E-state index in [-0.39, 0.29) is 5.56 Å². The number of halogens is 8. The fourth-order valence-electron chi connectivity index (χ4n) is 4.60. The molecule has 0 aliphatic heterocycles. The first-order chi connectivity index (χ1) is 19.6. The summed E-state index contributed by atoms with van der Waals surface area (Å²) < 4.78 is 121. The molecular weight excluding hydrogens is 574 g/mol. The van der Waals surface area contributed by atoms with Crippen molar-refractivity contribution in [1.29, 1.82) is 0 Å². The van der Waals surface area contributed by atoms with Crippen molar-refractivity contribution in [2.24, 2.45) is 0 Å². The molecule has 42 heavy (non-hydrogen) atoms. The lowest BCUT2D eigenvalue weighted by Gasteiger charge is -2.43. The first kappa shape index (κ1) is 30.4. The van der Waals surface area contributed by atoms with Gasteiger partial charge in [0.05, 0.1) is 0 Å². The Morgan fingerprint density at radius 1 is 0.643 bits per heavy atom. The van der Waals surface area contributed by atoms with E-state index in [1.54, 1.807) is 6.07 Å². The van der Waals surface area contributed by atoms with Gasteiger partial charge in [-0.3, -0.25) is 4.79 Å². The summed E-state index contributed by atoms with van der Waals surface area (Å²) in [4.78, 5) is 13.6. The lowest BCUT2D eigenvalue weighted by molar-refractivity contribution is -0.275. The molecule has 12 heteroatoms. The topological polar surface area (TPSA) is 47.6 Å². The molecule has 0 saturated carbocycles. The van der Waals surface area contributed by atoms with Gasteiger partial charge in [-0.2, -0.15) is 8.78 Å². The molecule has 0 bridgehead atoms. The molecule has 4 rings (SSSR count). The Morgan fingerprint density at radius 3 is 1.79 bits per heavy atom. The van der Waals surface area contributed by atoms with E-state index in [1.807, 2.05) is 0 Å². The summed E-state index contributed by atoms with van der Waals surface area (Å²) >= 11 is 0. The minimum absolute atomic E-state index is 0.103. The highest BCUT2D eigenvalue weighted by Gasteiger charge is 2.59. The van der Waals surface area contributed by atoms with Crippen molar-refractivity contribution in [3.63, 3.8) is 0 Å². The third-order valence-electron chi connectivity index (χ3n) is 6.36. The highest BCUT2D eigenvalue weighted by Crippen LogP contribution is 2.52. The van der Waals surface area contributed by atoms with Gasteiger partial charge in [0.1, 0.15) is 11.5 Å². The Labute approximate surface area is 234 Å². The van der Waals surface area contributed by atoms with Crippen molar-refractivity contribution in [2.45, 2.75) is 31.1 Å². The molecule has 4 nitrogen and oxygen atoms in total. The van der Waals surface area contributed by atoms with Gasteiger partial charge in [-0.05, 0) is 53.9 Å². The quantitative estimate of drug-likeness (QED) is 0.209. The monoisotopic (exact) mass is 595 g/mol. The van der Waals surface area contributed by atoms with Crippen molar-refractivity contribution < 1.29 is 49.4 Å². The van der Waals surface area contributed by atoms with Crippen molar-refractivity contribution in [3.05, 3.63) is 131 Å². The van der Waals surface area contributed by atoms with Crippen LogP contribution in [0.3, 0.4) is 0 Å². The fourth-order valence-corrected chi connectivity index (χ4v) is 4.60. The number of ether oxygens (including phenoxy) is 2. The fraction of sp³-hybridized carbons (Fsp3) is 0.167. The SMILES string of the molecule is Cc1c(OC(F)(F)F)cccc1C(NC(=O)c1ccccc1)(c1cccc(OC(F)(F)F)c1)C(F)(F)c1ccccc1. The van der Waals surface area contributed by atoms with Crippen LogP contribution in [0, 0.1) is 6.92 Å². The van der Waals surface area contributed by atoms with Crippen LogP contribution in [0.4, 0.5) is 35.1 Å². The zero-order valence-corrected chi connectivity index (χ0v) is 21.6. The maximum Gasteiger partial charge on any atom is 0.573 e. The van der Waals surface area contributed by atoms with Gasteiger partial charge in [-0.1, -0.05) is 72.8 Å². The number of rotatable bonds is 8. The number of carbonyl (C=O) groups is 1. The summed E-state index contributed by atoms with van der Waals surface area (Å²) in [6, 6.07) is 19.5. The van der Waals surface area contributed by atoms with E-state index in [9.17, 15) is 31.1 Å². The number of hydrogen-bond acceptors (Lipinski definition) is 3. The van der Waals surface area contributed by atoms with Gasteiger partial charge in [-0.25, -0.2) is 0 Å². The maximum atomic E-state index is 17.1. The molecule has 220 valence electrons. The minimum Gasteiger partial charge on any atom is -0.406 e. The summed E-state index contributed by atoms with van der Waals surface area (Å²) in [6.07, 6.45) is -10.4. The molecule has 1 amide bonds. The van der Waals surface area contributed by atoms with Crippen LogP contribution in [0.25, 0.3) is 0 Å². The molecule has 0 aliphatic rings. The van der Waals surface area contributed by atoms with E-state index in [0.717, 1.165) is 55.5 Å². The Kier molecular flexibility index (Phi) is 8.20. The van der Waals surface area contributed by atoms with Gasteiger partial charge in [0.25, 0.3) is 5.91 Å². The molecule has 0 aliphatic carbocycles. The normalized spacial score (nSPS) is 13.6. The molecule has 0 fully saturated rings. The lowest BCUT2D eigenvalue weighted by atomic mass is 9.73. The van der Waals surface area contributed by atoms with Gasteiger partial charge < -0.3 is 14.8 Å². The molecule has 1 N–H and O–H groups in total. The standard InChI is InChI=1S/C30H21F8NO3/c1-19-24(16-9-17-25(19)42-30(36,37)38)27(28(31,32)21-12-6-3-7-13-21,39-26(40)20-10-4-2-5-11-20)22-14-8-15-23(18-22)41-29(33,34)35/h2-18H,1H3,(H,39,40). The third kappa shape index (κ3) is 6.32. The van der Waals surface area contributed by atoms with Crippen molar-refractivity contribution in [2.75, 3.05) is 0 Å². The highest BCUT2D eigenvalue weighted by molar-refractivity contribution is 5.95. The second kappa shape index (κ2) is 11.3. The predicted octanol–water partition coefficient (Wildman–Crippen LogP) is 8.26. The zero-order chi connectivity index (χ0) is 30.8. The van der Waals surface area contributed by atoms with Gasteiger partial charge >= 0.3 is 18.6 Å². The Hall–Kier alpha value is -4.61. The van der Waals surface area contributed by atoms with Crippen molar-refractivity contribution in [1.82, 2.24) is 5.32 Å². The van der Waals surface area contributed by atoms with Gasteiger partial charge in [0.15, 0.2) is 5.54 Å². The molecule has 0 aromatic heterocycles. The van der Waals surface area contributed by atoms with E-state index in [2.05, 4.69) is 14.8 Å². The predicted molar refractivity (Wildman–Crippen MR) is 136 cm³/mol. The molecule has 0 radical (unpaired) electrons. The van der Waals surface area contributed by atoms with Gasteiger partial charge in [0.2, 0.25) is 0 Å². The number of hydrogen-bond donors (Lipinski definition) is 1. The first-order valence-electron chi connectivity index (χ1n) is 12.2. The Balaban J connectivity index is 2.10. The van der Waals surface area contributed by atoms with E-state index in [0.29, 0.717) is 6.07 Å². The molecule has 1 atom stereocenters. The molecular formula is C30H21F8NO3. The van der Waals surface area contributed by atoms with Crippen LogP contribution in [-0.4, -0.2) is 18.6 Å². The summed E-state index contributed by atoms with van der Waals surface area (Å²) in [5.41, 5.74) is -5.54. The van der Waals surface area contributed by atoms with Crippen LogP contribution >= 0.6 is 0 Å².